The Balaban J connectivity index is 1.94. The predicted octanol–water partition coefficient (Wildman–Crippen LogP) is 3.99. The summed E-state index contributed by atoms with van der Waals surface area (Å²) in [5.41, 5.74) is 2.11. The van der Waals surface area contributed by atoms with E-state index in [4.69, 9.17) is 4.74 Å². The number of carbonyl (C=O) groups excluding carboxylic acids is 1. The minimum Gasteiger partial charge on any atom is -0.494 e. The van der Waals surface area contributed by atoms with Crippen LogP contribution in [0.1, 0.15) is 25.0 Å². The summed E-state index contributed by atoms with van der Waals surface area (Å²) in [6, 6.07) is 12.2. The normalized spacial score (nSPS) is 12.1. The molecule has 0 aliphatic carbocycles. The van der Waals surface area contributed by atoms with E-state index in [0.29, 0.717) is 24.4 Å². The molecule has 0 aliphatic heterocycles. The highest BCUT2D eigenvalue weighted by atomic mass is 19.1. The van der Waals surface area contributed by atoms with Crippen LogP contribution in [0.3, 0.4) is 0 Å². The first-order chi connectivity index (χ1) is 11.9. The van der Waals surface area contributed by atoms with Gasteiger partial charge in [-0.3, -0.25) is 9.69 Å². The number of nitrogens with one attached hydrogen (secondary N) is 1. The fraction of sp³-hybridized carbons (Fsp3) is 0.350. The second kappa shape index (κ2) is 8.62. The van der Waals surface area contributed by atoms with Crippen molar-refractivity contribution >= 4 is 11.6 Å². The number of rotatable bonds is 7. The van der Waals surface area contributed by atoms with Crippen LogP contribution < -0.4 is 10.1 Å². The van der Waals surface area contributed by atoms with Crippen LogP contribution in [0.5, 0.6) is 5.75 Å². The molecule has 0 aromatic heterocycles. The van der Waals surface area contributed by atoms with Gasteiger partial charge in [-0.25, -0.2) is 4.39 Å². The van der Waals surface area contributed by atoms with E-state index in [-0.39, 0.29) is 17.8 Å². The topological polar surface area (TPSA) is 41.6 Å². The summed E-state index contributed by atoms with van der Waals surface area (Å²) in [6.45, 7) is 6.73. The van der Waals surface area contributed by atoms with E-state index in [9.17, 15) is 9.18 Å². The number of anilines is 1. The van der Waals surface area contributed by atoms with E-state index in [1.165, 1.54) is 6.07 Å². The van der Waals surface area contributed by atoms with Gasteiger partial charge in [-0.05, 0) is 63.2 Å². The van der Waals surface area contributed by atoms with Gasteiger partial charge >= 0.3 is 0 Å². The number of nitrogens with zero attached hydrogens (tertiary/aromatic N) is 1. The lowest BCUT2D eigenvalue weighted by Crippen LogP contribution is -2.39. The average Bonchev–Trinajstić information content (AvgIpc) is 2.59. The quantitative estimate of drug-likeness (QED) is 0.826. The number of halogens is 1. The zero-order valence-electron chi connectivity index (χ0n) is 15.2. The van der Waals surface area contributed by atoms with Crippen molar-refractivity contribution in [2.24, 2.45) is 0 Å². The van der Waals surface area contributed by atoms with Crippen molar-refractivity contribution in [2.75, 3.05) is 19.0 Å². The van der Waals surface area contributed by atoms with Gasteiger partial charge in [0.05, 0.1) is 12.6 Å². The van der Waals surface area contributed by atoms with Crippen molar-refractivity contribution in [1.29, 1.82) is 0 Å². The molecular weight excluding hydrogens is 319 g/mol. The van der Waals surface area contributed by atoms with Gasteiger partial charge in [-0.1, -0.05) is 18.2 Å². The largest absolute Gasteiger partial charge is 0.494 e. The van der Waals surface area contributed by atoms with Crippen LogP contribution in [-0.2, 0) is 11.3 Å². The molecule has 4 nitrogen and oxygen atoms in total. The fourth-order valence-corrected chi connectivity index (χ4v) is 2.40. The number of hydrogen-bond donors (Lipinski definition) is 1. The van der Waals surface area contributed by atoms with Gasteiger partial charge in [0.2, 0.25) is 5.91 Å². The highest BCUT2D eigenvalue weighted by Crippen LogP contribution is 2.16. The maximum absolute atomic E-state index is 13.6. The Morgan fingerprint density at radius 3 is 2.52 bits per heavy atom. The van der Waals surface area contributed by atoms with Gasteiger partial charge in [0.1, 0.15) is 11.6 Å². The molecule has 0 fully saturated rings. The zero-order valence-corrected chi connectivity index (χ0v) is 15.2. The summed E-state index contributed by atoms with van der Waals surface area (Å²) < 4.78 is 19.0. The van der Waals surface area contributed by atoms with Crippen molar-refractivity contribution < 1.29 is 13.9 Å². The second-order valence-electron chi connectivity index (χ2n) is 6.12. The molecule has 0 aliphatic rings. The smallest absolute Gasteiger partial charge is 0.241 e. The molecule has 2 aromatic rings. The molecule has 0 saturated carbocycles. The van der Waals surface area contributed by atoms with Crippen LogP contribution in [-0.4, -0.2) is 30.5 Å². The lowest BCUT2D eigenvalue weighted by molar-refractivity contribution is -0.120. The number of likely N-dealkylation sites (N-methyl/N-ethyl adjacent to an activating group) is 1. The molecule has 5 heteroatoms. The number of carbonyl (C=O) groups is 1. The fourth-order valence-electron chi connectivity index (χ4n) is 2.40. The molecule has 0 saturated heterocycles. The number of ether oxygens (including phenoxy) is 1. The second-order valence-corrected chi connectivity index (χ2v) is 6.12. The maximum atomic E-state index is 13.6. The maximum Gasteiger partial charge on any atom is 0.241 e. The van der Waals surface area contributed by atoms with E-state index in [0.717, 1.165) is 11.3 Å². The van der Waals surface area contributed by atoms with Gasteiger partial charge in [-0.2, -0.15) is 0 Å². The molecule has 2 rings (SSSR count). The van der Waals surface area contributed by atoms with Gasteiger partial charge < -0.3 is 10.1 Å². The predicted molar refractivity (Wildman–Crippen MR) is 98.3 cm³/mol. The van der Waals surface area contributed by atoms with Gasteiger partial charge in [0.25, 0.3) is 0 Å². The molecule has 0 unspecified atom stereocenters. The molecular formula is C20H25FN2O2. The third kappa shape index (κ3) is 5.29. The van der Waals surface area contributed by atoms with E-state index in [1.807, 2.05) is 50.1 Å². The number of aryl methyl sites for hydroxylation is 1. The summed E-state index contributed by atoms with van der Waals surface area (Å²) in [5.74, 6) is 0.339. The van der Waals surface area contributed by atoms with E-state index < -0.39 is 0 Å². The van der Waals surface area contributed by atoms with Gasteiger partial charge in [0, 0.05) is 12.2 Å². The molecule has 0 bridgehead atoms. The number of benzene rings is 2. The van der Waals surface area contributed by atoms with Crippen LogP contribution in [0, 0.1) is 12.7 Å². The van der Waals surface area contributed by atoms with E-state index in [1.54, 1.807) is 19.1 Å². The Hall–Kier alpha value is -2.40. The average molecular weight is 344 g/mol. The van der Waals surface area contributed by atoms with Crippen LogP contribution in [0.25, 0.3) is 0 Å². The summed E-state index contributed by atoms with van der Waals surface area (Å²) in [7, 11) is 1.89. The van der Waals surface area contributed by atoms with E-state index >= 15 is 0 Å². The van der Waals surface area contributed by atoms with Crippen molar-refractivity contribution in [3.8, 4) is 5.75 Å². The Kier molecular flexibility index (Phi) is 6.53. The minimum absolute atomic E-state index is 0.170. The van der Waals surface area contributed by atoms with Crippen molar-refractivity contribution in [1.82, 2.24) is 4.90 Å². The molecule has 2 aromatic carbocycles. The third-order valence-corrected chi connectivity index (χ3v) is 4.15. The van der Waals surface area contributed by atoms with Crippen LogP contribution in [0.15, 0.2) is 42.5 Å². The van der Waals surface area contributed by atoms with E-state index in [2.05, 4.69) is 5.32 Å². The van der Waals surface area contributed by atoms with Crippen LogP contribution >= 0.6 is 0 Å². The summed E-state index contributed by atoms with van der Waals surface area (Å²) in [5, 5.41) is 2.76. The molecule has 0 heterocycles. The zero-order chi connectivity index (χ0) is 18.4. The Bertz CT molecular complexity index is 716. The van der Waals surface area contributed by atoms with Gasteiger partial charge in [0.15, 0.2) is 0 Å². The number of amides is 1. The first-order valence-corrected chi connectivity index (χ1v) is 8.39. The van der Waals surface area contributed by atoms with Crippen molar-refractivity contribution in [3.63, 3.8) is 0 Å². The Morgan fingerprint density at radius 2 is 1.92 bits per heavy atom. The SMILES string of the molecule is CCOc1ccc(CN(C)[C@@H](C)C(=O)Nc2ccc(C)c(F)c2)cc1. The molecule has 0 spiro atoms. The van der Waals surface area contributed by atoms with Crippen LogP contribution in [0.4, 0.5) is 10.1 Å². The first kappa shape index (κ1) is 18.9. The Morgan fingerprint density at radius 1 is 1.24 bits per heavy atom. The highest BCUT2D eigenvalue weighted by Gasteiger charge is 2.18. The number of hydrogen-bond acceptors (Lipinski definition) is 3. The van der Waals surface area contributed by atoms with Crippen LogP contribution in [0.2, 0.25) is 0 Å². The monoisotopic (exact) mass is 344 g/mol. The highest BCUT2D eigenvalue weighted by molar-refractivity contribution is 5.94. The molecule has 0 radical (unpaired) electrons. The first-order valence-electron chi connectivity index (χ1n) is 8.39. The lowest BCUT2D eigenvalue weighted by Gasteiger charge is -2.24. The summed E-state index contributed by atoms with van der Waals surface area (Å²) in [4.78, 5) is 14.3. The standard InChI is InChI=1S/C20H25FN2O2/c1-5-25-18-10-7-16(8-11-18)13-23(4)15(3)20(24)22-17-9-6-14(2)19(21)12-17/h6-12,15H,5,13H2,1-4H3,(H,22,24)/t15-/m0/s1. The Labute approximate surface area is 148 Å². The molecule has 1 amide bonds. The van der Waals surface area contributed by atoms with Crippen molar-refractivity contribution in [2.45, 2.75) is 33.4 Å². The molecule has 1 atom stereocenters. The van der Waals surface area contributed by atoms with Gasteiger partial charge in [-0.15, -0.1) is 0 Å². The third-order valence-electron chi connectivity index (χ3n) is 4.15. The summed E-state index contributed by atoms with van der Waals surface area (Å²) >= 11 is 0. The van der Waals surface area contributed by atoms with Crippen molar-refractivity contribution in [3.05, 3.63) is 59.4 Å². The lowest BCUT2D eigenvalue weighted by atomic mass is 10.1. The summed E-state index contributed by atoms with van der Waals surface area (Å²) in [6.07, 6.45) is 0. The molecule has 25 heavy (non-hydrogen) atoms. The molecule has 134 valence electrons. The molecule has 1 N–H and O–H groups in total. The minimum atomic E-state index is -0.351.